The second kappa shape index (κ2) is 13.2. The van der Waals surface area contributed by atoms with Gasteiger partial charge in [0.25, 0.3) is 5.91 Å². The lowest BCUT2D eigenvalue weighted by molar-refractivity contribution is -0.140. The number of amides is 2. The number of hydrogen-bond acceptors (Lipinski definition) is 7. The van der Waals surface area contributed by atoms with Gasteiger partial charge in [-0.15, -0.1) is 5.10 Å². The number of para-hydroxylation sites is 1. The summed E-state index contributed by atoms with van der Waals surface area (Å²) in [5.74, 6) is -0.387. The number of nitrogens with one attached hydrogen (secondary N) is 1. The molecule has 0 aliphatic heterocycles. The third kappa shape index (κ3) is 6.62. The Balaban J connectivity index is 1.58. The average Bonchev–Trinajstić information content (AvgIpc) is 3.44. The van der Waals surface area contributed by atoms with Crippen molar-refractivity contribution in [1.82, 2.24) is 19.9 Å². The molecule has 4 aromatic carbocycles. The summed E-state index contributed by atoms with van der Waals surface area (Å²) in [6.07, 6.45) is 0. The zero-order valence-electron chi connectivity index (χ0n) is 24.9. The Morgan fingerprint density at radius 1 is 0.909 bits per heavy atom. The van der Waals surface area contributed by atoms with Crippen LogP contribution in [0.2, 0.25) is 0 Å². The van der Waals surface area contributed by atoms with Crippen molar-refractivity contribution in [2.75, 3.05) is 38.5 Å². The lowest BCUT2D eigenvalue weighted by Crippen LogP contribution is -2.42. The van der Waals surface area contributed by atoms with E-state index in [-0.39, 0.29) is 13.1 Å². The highest BCUT2D eigenvalue weighted by molar-refractivity contribution is 5.98. The second-order valence-electron chi connectivity index (χ2n) is 10.3. The van der Waals surface area contributed by atoms with Gasteiger partial charge in [-0.3, -0.25) is 9.59 Å². The van der Waals surface area contributed by atoms with Crippen LogP contribution in [0.25, 0.3) is 11.0 Å². The second-order valence-corrected chi connectivity index (χ2v) is 10.3. The van der Waals surface area contributed by atoms with E-state index in [2.05, 4.69) is 15.6 Å². The summed E-state index contributed by atoms with van der Waals surface area (Å²) in [5, 5.41) is 11.3. The minimum absolute atomic E-state index is 0.0116. The quantitative estimate of drug-likeness (QED) is 0.227. The average molecular weight is 597 g/mol. The minimum Gasteiger partial charge on any atom is -0.493 e. The van der Waals surface area contributed by atoms with Crippen LogP contribution in [-0.4, -0.2) is 60.0 Å². The van der Waals surface area contributed by atoms with Crippen LogP contribution in [0.1, 0.15) is 17.2 Å². The molecule has 1 aromatic heterocycles. The van der Waals surface area contributed by atoms with Crippen molar-refractivity contribution in [3.8, 4) is 11.5 Å². The first kappa shape index (κ1) is 30.0. The van der Waals surface area contributed by atoms with Crippen molar-refractivity contribution in [1.29, 1.82) is 0 Å². The van der Waals surface area contributed by atoms with Crippen LogP contribution in [0.15, 0.2) is 91.0 Å². The molecule has 0 aliphatic rings. The molecule has 1 unspecified atom stereocenters. The predicted octanol–water partition coefficient (Wildman–Crippen LogP) is 5.06. The van der Waals surface area contributed by atoms with Crippen molar-refractivity contribution in [2.45, 2.75) is 19.1 Å². The van der Waals surface area contributed by atoms with E-state index >= 15 is 0 Å². The Morgan fingerprint density at radius 3 is 2.30 bits per heavy atom. The maximum Gasteiger partial charge on any atom is 0.251 e. The molecule has 10 nitrogen and oxygen atoms in total. The summed E-state index contributed by atoms with van der Waals surface area (Å²) in [7, 11) is 6.88. The number of benzene rings is 4. The van der Waals surface area contributed by atoms with Gasteiger partial charge in [-0.1, -0.05) is 35.5 Å². The number of aromatic nitrogens is 3. The monoisotopic (exact) mass is 596 g/mol. The number of carbonyl (C=O) groups excluding carboxylic acids is 2. The van der Waals surface area contributed by atoms with E-state index in [1.807, 2.05) is 49.3 Å². The van der Waals surface area contributed by atoms with Gasteiger partial charge in [-0.25, -0.2) is 9.07 Å². The number of rotatable bonds is 11. The fraction of sp³-hybridized carbons (Fsp3) is 0.212. The number of anilines is 2. The molecular weight excluding hydrogens is 563 g/mol. The third-order valence-electron chi connectivity index (χ3n) is 7.23. The first-order valence-electron chi connectivity index (χ1n) is 13.9. The maximum absolute atomic E-state index is 14.2. The highest BCUT2D eigenvalue weighted by atomic mass is 19.1. The van der Waals surface area contributed by atoms with Crippen molar-refractivity contribution in [3.05, 3.63) is 108 Å². The number of carbonyl (C=O) groups is 2. The SMILES string of the molecule is COc1ccc(C(C(=O)Nc2ccc(N(C)C)cc2)N(Cc2ccc(F)cc2)C(=O)Cn2nnc3ccccc32)cc1OC. The van der Waals surface area contributed by atoms with E-state index in [1.54, 1.807) is 48.5 Å². The fourth-order valence-electron chi connectivity index (χ4n) is 4.91. The Bertz CT molecular complexity index is 1760. The van der Waals surface area contributed by atoms with Crippen LogP contribution < -0.4 is 19.7 Å². The Morgan fingerprint density at radius 2 is 1.61 bits per heavy atom. The summed E-state index contributed by atoms with van der Waals surface area (Å²) in [4.78, 5) is 31.8. The molecule has 11 heteroatoms. The van der Waals surface area contributed by atoms with Gasteiger partial charge in [0.2, 0.25) is 5.91 Å². The van der Waals surface area contributed by atoms with Crippen molar-refractivity contribution in [3.63, 3.8) is 0 Å². The van der Waals surface area contributed by atoms with Crippen LogP contribution in [0, 0.1) is 5.82 Å². The smallest absolute Gasteiger partial charge is 0.251 e. The molecule has 0 spiro atoms. The molecule has 5 rings (SSSR count). The zero-order chi connectivity index (χ0) is 31.2. The van der Waals surface area contributed by atoms with Crippen molar-refractivity contribution < 1.29 is 23.5 Å². The Hall–Kier alpha value is -5.45. The molecule has 0 aliphatic carbocycles. The van der Waals surface area contributed by atoms with E-state index in [0.717, 1.165) is 5.69 Å². The van der Waals surface area contributed by atoms with E-state index in [4.69, 9.17) is 9.47 Å². The van der Waals surface area contributed by atoms with Crippen LogP contribution >= 0.6 is 0 Å². The summed E-state index contributed by atoms with van der Waals surface area (Å²) in [6, 6.07) is 24.5. The van der Waals surface area contributed by atoms with Gasteiger partial charge >= 0.3 is 0 Å². The highest BCUT2D eigenvalue weighted by Crippen LogP contribution is 2.34. The standard InChI is InChI=1S/C33H33FN6O4/c1-38(2)26-16-14-25(15-17-26)35-33(42)32(23-11-18-29(43-3)30(19-23)44-4)39(20-22-9-12-24(34)13-10-22)31(41)21-40-28-8-6-5-7-27(28)36-37-40/h5-19,32H,20-21H2,1-4H3,(H,35,42). The lowest BCUT2D eigenvalue weighted by atomic mass is 10.0. The van der Waals surface area contributed by atoms with Gasteiger partial charge in [0.1, 0.15) is 23.9 Å². The number of fused-ring (bicyclic) bond motifs is 1. The van der Waals surface area contributed by atoms with Crippen LogP contribution in [0.5, 0.6) is 11.5 Å². The molecule has 226 valence electrons. The van der Waals surface area contributed by atoms with Gasteiger partial charge in [-0.05, 0) is 71.8 Å². The number of nitrogens with zero attached hydrogens (tertiary/aromatic N) is 5. The summed E-state index contributed by atoms with van der Waals surface area (Å²) >= 11 is 0. The molecular formula is C33H33FN6O4. The zero-order valence-corrected chi connectivity index (χ0v) is 24.9. The number of hydrogen-bond donors (Lipinski definition) is 1. The molecule has 1 N–H and O–H groups in total. The van der Waals surface area contributed by atoms with Gasteiger partial charge in [0, 0.05) is 32.0 Å². The van der Waals surface area contributed by atoms with Crippen LogP contribution in [0.4, 0.5) is 15.8 Å². The molecule has 2 amide bonds. The molecule has 0 fully saturated rings. The first-order chi connectivity index (χ1) is 21.3. The molecule has 0 radical (unpaired) electrons. The molecule has 1 heterocycles. The number of methoxy groups -OCH3 is 2. The Kier molecular flexibility index (Phi) is 9.03. The summed E-state index contributed by atoms with van der Waals surface area (Å²) in [5.41, 5.74) is 3.97. The van der Waals surface area contributed by atoms with E-state index in [0.29, 0.717) is 39.3 Å². The van der Waals surface area contributed by atoms with E-state index in [1.165, 1.54) is 35.9 Å². The third-order valence-corrected chi connectivity index (χ3v) is 7.23. The molecule has 0 saturated carbocycles. The van der Waals surface area contributed by atoms with E-state index in [9.17, 15) is 14.0 Å². The number of ether oxygens (including phenoxy) is 2. The van der Waals surface area contributed by atoms with Gasteiger partial charge in [0.05, 0.1) is 19.7 Å². The topological polar surface area (TPSA) is 102 Å². The largest absolute Gasteiger partial charge is 0.493 e. The van der Waals surface area contributed by atoms with Gasteiger partial charge in [-0.2, -0.15) is 0 Å². The van der Waals surface area contributed by atoms with Crippen LogP contribution in [0.3, 0.4) is 0 Å². The fourth-order valence-corrected chi connectivity index (χ4v) is 4.91. The Labute approximate surface area is 254 Å². The van der Waals surface area contributed by atoms with Crippen molar-refractivity contribution >= 4 is 34.2 Å². The highest BCUT2D eigenvalue weighted by Gasteiger charge is 2.33. The summed E-state index contributed by atoms with van der Waals surface area (Å²) < 4.78 is 26.3. The predicted molar refractivity (Wildman–Crippen MR) is 166 cm³/mol. The first-order valence-corrected chi connectivity index (χ1v) is 13.9. The molecule has 0 bridgehead atoms. The molecule has 44 heavy (non-hydrogen) atoms. The normalized spacial score (nSPS) is 11.6. The van der Waals surface area contributed by atoms with Crippen LogP contribution in [-0.2, 0) is 22.7 Å². The summed E-state index contributed by atoms with van der Waals surface area (Å²) in [6.45, 7) is -0.173. The van der Waals surface area contributed by atoms with Gasteiger partial charge < -0.3 is 24.6 Å². The van der Waals surface area contributed by atoms with Crippen molar-refractivity contribution in [2.24, 2.45) is 0 Å². The maximum atomic E-state index is 14.2. The molecule has 0 saturated heterocycles. The molecule has 1 atom stereocenters. The number of halogens is 1. The lowest BCUT2D eigenvalue weighted by Gasteiger charge is -2.32. The molecule has 5 aromatic rings. The minimum atomic E-state index is -1.12. The van der Waals surface area contributed by atoms with Gasteiger partial charge in [0.15, 0.2) is 11.5 Å². The van der Waals surface area contributed by atoms with E-state index < -0.39 is 23.7 Å².